The van der Waals surface area contributed by atoms with E-state index in [1.54, 1.807) is 4.90 Å². The van der Waals surface area contributed by atoms with Gasteiger partial charge in [0.25, 0.3) is 5.91 Å². The van der Waals surface area contributed by atoms with Gasteiger partial charge in [-0.05, 0) is 49.8 Å². The van der Waals surface area contributed by atoms with Gasteiger partial charge < -0.3 is 20.6 Å². The van der Waals surface area contributed by atoms with Gasteiger partial charge in [0.05, 0.1) is 18.2 Å². The number of alkyl halides is 3. The minimum absolute atomic E-state index is 0.0373. The quantitative estimate of drug-likeness (QED) is 0.572. The lowest BCUT2D eigenvalue weighted by Crippen LogP contribution is -2.49. The van der Waals surface area contributed by atoms with E-state index >= 15 is 0 Å². The summed E-state index contributed by atoms with van der Waals surface area (Å²) in [5, 5.41) is 15.7. The minimum atomic E-state index is -4.74. The van der Waals surface area contributed by atoms with Gasteiger partial charge in [-0.2, -0.15) is 13.2 Å². The highest BCUT2D eigenvalue weighted by molar-refractivity contribution is 5.94. The van der Waals surface area contributed by atoms with Crippen molar-refractivity contribution in [3.8, 4) is 0 Å². The van der Waals surface area contributed by atoms with Gasteiger partial charge in [0.2, 0.25) is 5.91 Å². The molecule has 32 heavy (non-hydrogen) atoms. The van der Waals surface area contributed by atoms with Crippen LogP contribution in [0.25, 0.3) is 0 Å². The Bertz CT molecular complexity index is 810. The first kappa shape index (κ1) is 24.4. The summed E-state index contributed by atoms with van der Waals surface area (Å²) in [6.45, 7) is 1.45. The van der Waals surface area contributed by atoms with E-state index in [1.165, 1.54) is 0 Å². The van der Waals surface area contributed by atoms with Crippen molar-refractivity contribution < 1.29 is 32.3 Å². The van der Waals surface area contributed by atoms with Crippen molar-refractivity contribution in [2.45, 2.75) is 56.8 Å². The predicted octanol–water partition coefficient (Wildman–Crippen LogP) is 2.71. The molecule has 3 N–H and O–H groups in total. The molecule has 10 heteroatoms. The van der Waals surface area contributed by atoms with Crippen molar-refractivity contribution >= 4 is 11.8 Å². The maximum absolute atomic E-state index is 13.5. The van der Waals surface area contributed by atoms with Gasteiger partial charge in [0.1, 0.15) is 5.82 Å². The van der Waals surface area contributed by atoms with Crippen LogP contribution in [0.4, 0.5) is 17.6 Å². The molecule has 6 nitrogen and oxygen atoms in total. The summed E-state index contributed by atoms with van der Waals surface area (Å²) in [5.74, 6) is -1.84. The first-order valence-corrected chi connectivity index (χ1v) is 11.0. The monoisotopic (exact) mass is 459 g/mol. The maximum atomic E-state index is 13.5. The van der Waals surface area contributed by atoms with Gasteiger partial charge in [0.15, 0.2) is 0 Å². The number of piperidine rings is 1. The predicted molar refractivity (Wildman–Crippen MR) is 109 cm³/mol. The van der Waals surface area contributed by atoms with Gasteiger partial charge in [-0.1, -0.05) is 12.8 Å². The van der Waals surface area contributed by atoms with Crippen LogP contribution < -0.4 is 10.6 Å². The molecule has 1 heterocycles. The zero-order chi connectivity index (χ0) is 23.3. The van der Waals surface area contributed by atoms with E-state index < -0.39 is 29.6 Å². The molecule has 1 aliphatic carbocycles. The third-order valence-electron chi connectivity index (χ3n) is 6.25. The summed E-state index contributed by atoms with van der Waals surface area (Å²) in [4.78, 5) is 26.4. The van der Waals surface area contributed by atoms with Crippen LogP contribution in [-0.4, -0.2) is 60.1 Å². The SMILES string of the molecule is O=C(NCC1CCN(C(=O)CNC2CCCCC2O)CC1)c1cc(F)cc(C(F)(F)F)c1. The number of amides is 2. The summed E-state index contributed by atoms with van der Waals surface area (Å²) in [7, 11) is 0. The number of carbonyl (C=O) groups is 2. The van der Waals surface area contributed by atoms with Crippen LogP contribution in [0.2, 0.25) is 0 Å². The average Bonchev–Trinajstić information content (AvgIpc) is 2.76. The van der Waals surface area contributed by atoms with Crippen molar-refractivity contribution in [1.29, 1.82) is 0 Å². The second kappa shape index (κ2) is 10.6. The number of nitrogens with zero attached hydrogens (tertiary/aromatic N) is 1. The van der Waals surface area contributed by atoms with E-state index in [4.69, 9.17) is 0 Å². The summed E-state index contributed by atoms with van der Waals surface area (Å²) >= 11 is 0. The fourth-order valence-corrected chi connectivity index (χ4v) is 4.29. The lowest BCUT2D eigenvalue weighted by Gasteiger charge is -2.33. The van der Waals surface area contributed by atoms with Crippen LogP contribution in [0.5, 0.6) is 0 Å². The first-order chi connectivity index (χ1) is 15.1. The standard InChI is InChI=1S/C22H29F4N3O3/c23-17-10-15(9-16(11-17)22(24,25)26)21(32)28-12-14-5-7-29(8-6-14)20(31)13-27-18-3-1-2-4-19(18)30/h9-11,14,18-19,27,30H,1-8,12-13H2,(H,28,32). The summed E-state index contributed by atoms with van der Waals surface area (Å²) < 4.78 is 52.0. The maximum Gasteiger partial charge on any atom is 0.416 e. The molecule has 2 unspecified atom stereocenters. The van der Waals surface area contributed by atoms with Gasteiger partial charge in [-0.15, -0.1) is 0 Å². The van der Waals surface area contributed by atoms with Gasteiger partial charge in [0, 0.05) is 31.2 Å². The number of hydrogen-bond acceptors (Lipinski definition) is 4. The molecule has 0 bridgehead atoms. The van der Waals surface area contributed by atoms with Crippen LogP contribution in [-0.2, 0) is 11.0 Å². The topological polar surface area (TPSA) is 81.7 Å². The van der Waals surface area contributed by atoms with Crippen LogP contribution in [0.3, 0.4) is 0 Å². The summed E-state index contributed by atoms with van der Waals surface area (Å²) in [6, 6.07) is 1.71. The molecule has 1 aromatic rings. The van der Waals surface area contributed by atoms with Crippen molar-refractivity contribution in [2.24, 2.45) is 5.92 Å². The molecule has 0 radical (unpaired) electrons. The van der Waals surface area contributed by atoms with E-state index in [0.717, 1.165) is 31.7 Å². The molecule has 0 spiro atoms. The fourth-order valence-electron chi connectivity index (χ4n) is 4.29. The number of aliphatic hydroxyl groups excluding tert-OH is 1. The smallest absolute Gasteiger partial charge is 0.392 e. The average molecular weight is 459 g/mol. The molecule has 2 atom stereocenters. The van der Waals surface area contributed by atoms with Crippen LogP contribution >= 0.6 is 0 Å². The van der Waals surface area contributed by atoms with E-state index in [1.807, 2.05) is 0 Å². The Hall–Kier alpha value is -2.20. The van der Waals surface area contributed by atoms with Crippen molar-refractivity contribution in [1.82, 2.24) is 15.5 Å². The van der Waals surface area contributed by atoms with E-state index in [-0.39, 0.29) is 36.5 Å². The molecule has 1 aliphatic heterocycles. The Morgan fingerprint density at radius 2 is 1.75 bits per heavy atom. The Morgan fingerprint density at radius 3 is 2.41 bits per heavy atom. The van der Waals surface area contributed by atoms with Gasteiger partial charge >= 0.3 is 6.18 Å². The van der Waals surface area contributed by atoms with Gasteiger partial charge in [-0.25, -0.2) is 4.39 Å². The Kier molecular flexibility index (Phi) is 8.10. The van der Waals surface area contributed by atoms with Crippen molar-refractivity contribution in [3.05, 3.63) is 35.1 Å². The largest absolute Gasteiger partial charge is 0.416 e. The molecule has 3 rings (SSSR count). The number of rotatable bonds is 6. The van der Waals surface area contributed by atoms with Crippen LogP contribution in [0.1, 0.15) is 54.4 Å². The molecular weight excluding hydrogens is 430 g/mol. The van der Waals surface area contributed by atoms with E-state index in [9.17, 15) is 32.3 Å². The molecule has 1 saturated carbocycles. The number of carbonyl (C=O) groups excluding carboxylic acids is 2. The molecular formula is C22H29F4N3O3. The third-order valence-corrected chi connectivity index (χ3v) is 6.25. The Labute approximate surface area is 184 Å². The molecule has 2 amide bonds. The number of aliphatic hydroxyl groups is 1. The molecule has 0 aromatic heterocycles. The van der Waals surface area contributed by atoms with Crippen molar-refractivity contribution in [2.75, 3.05) is 26.2 Å². The number of nitrogens with one attached hydrogen (secondary N) is 2. The Morgan fingerprint density at radius 1 is 1.06 bits per heavy atom. The molecule has 1 aromatic carbocycles. The van der Waals surface area contributed by atoms with Crippen molar-refractivity contribution in [3.63, 3.8) is 0 Å². The fraction of sp³-hybridized carbons (Fsp3) is 0.636. The normalized spacial score (nSPS) is 22.6. The lowest BCUT2D eigenvalue weighted by molar-refractivity contribution is -0.137. The highest BCUT2D eigenvalue weighted by Gasteiger charge is 2.32. The Balaban J connectivity index is 1.42. The summed E-state index contributed by atoms with van der Waals surface area (Å²) in [5.41, 5.74) is -1.58. The number of halogens is 4. The second-order valence-corrected chi connectivity index (χ2v) is 8.60. The molecule has 2 fully saturated rings. The van der Waals surface area contributed by atoms with E-state index in [2.05, 4.69) is 10.6 Å². The lowest BCUT2D eigenvalue weighted by atomic mass is 9.92. The second-order valence-electron chi connectivity index (χ2n) is 8.60. The molecule has 1 saturated heterocycles. The van der Waals surface area contributed by atoms with E-state index in [0.29, 0.717) is 38.1 Å². The van der Waals surface area contributed by atoms with Crippen LogP contribution in [0.15, 0.2) is 18.2 Å². The number of likely N-dealkylation sites (tertiary alicyclic amines) is 1. The molecule has 2 aliphatic rings. The van der Waals surface area contributed by atoms with Gasteiger partial charge in [-0.3, -0.25) is 9.59 Å². The minimum Gasteiger partial charge on any atom is -0.392 e. The highest BCUT2D eigenvalue weighted by atomic mass is 19.4. The third kappa shape index (κ3) is 6.65. The molecule has 178 valence electrons. The summed E-state index contributed by atoms with van der Waals surface area (Å²) in [6.07, 6.45) is -0.226. The number of hydrogen-bond donors (Lipinski definition) is 3. The zero-order valence-corrected chi connectivity index (χ0v) is 17.8. The zero-order valence-electron chi connectivity index (χ0n) is 17.8. The first-order valence-electron chi connectivity index (χ1n) is 11.0. The van der Waals surface area contributed by atoms with Crippen LogP contribution in [0, 0.1) is 11.7 Å². The number of benzene rings is 1. The highest BCUT2D eigenvalue weighted by Crippen LogP contribution is 2.30.